The van der Waals surface area contributed by atoms with Crippen LogP contribution in [0.5, 0.6) is 0 Å². The number of halogens is 1. The minimum atomic E-state index is 0. The van der Waals surface area contributed by atoms with E-state index in [1.165, 1.54) is 0 Å². The second kappa shape index (κ2) is 11.8. The Morgan fingerprint density at radius 2 is 1.25 bits per heavy atom. The molecular weight excluding hydrogens is 329 g/mol. The molecule has 0 aliphatic heterocycles. The average molecular weight is 339 g/mol. The van der Waals surface area contributed by atoms with Gasteiger partial charge in [0, 0.05) is 0 Å². The zero-order valence-corrected chi connectivity index (χ0v) is 8.99. The molecule has 0 heterocycles. The maximum absolute atomic E-state index is 2.99. The average Bonchev–Trinajstić information content (AvgIpc) is 2.67. The van der Waals surface area contributed by atoms with Crippen molar-refractivity contribution >= 4 is 0 Å². The smallest absolute Gasteiger partial charge is 1.00 e. The Balaban J connectivity index is 0. The van der Waals surface area contributed by atoms with Crippen LogP contribution in [0.4, 0.5) is 0 Å². The summed E-state index contributed by atoms with van der Waals surface area (Å²) in [7, 11) is 0. The molecule has 0 N–H and O–H groups in total. The van der Waals surface area contributed by atoms with Crippen molar-refractivity contribution in [2.45, 2.75) is 12.8 Å². The predicted molar refractivity (Wildman–Crippen MR) is 43.1 cm³/mol. The van der Waals surface area contributed by atoms with E-state index in [-0.39, 0.29) is 59.3 Å². The number of allylic oxidation sites excluding steroid dienone is 8. The summed E-state index contributed by atoms with van der Waals surface area (Å²) >= 11 is 0. The van der Waals surface area contributed by atoms with E-state index < -0.39 is 0 Å². The van der Waals surface area contributed by atoms with Crippen LogP contribution >= 0.6 is 0 Å². The maximum Gasteiger partial charge on any atom is 3.00 e. The van der Waals surface area contributed by atoms with Crippen LogP contribution in [0.1, 0.15) is 12.8 Å². The van der Waals surface area contributed by atoms with E-state index in [1.54, 1.807) is 0 Å². The molecule has 0 saturated carbocycles. The van der Waals surface area contributed by atoms with Crippen molar-refractivity contribution in [3.05, 3.63) is 48.6 Å². The van der Waals surface area contributed by atoms with Gasteiger partial charge in [-0.1, -0.05) is 0 Å². The van der Waals surface area contributed by atoms with Gasteiger partial charge < -0.3 is 12.4 Å². The molecule has 0 nitrogen and oxygen atoms in total. The third kappa shape index (κ3) is 8.86. The summed E-state index contributed by atoms with van der Waals surface area (Å²) in [5.74, 6) is 0. The molecule has 2 aliphatic rings. The number of hydrogen-bond donors (Lipinski definition) is 0. The summed E-state index contributed by atoms with van der Waals surface area (Å²) in [5, 5.41) is 0. The van der Waals surface area contributed by atoms with Gasteiger partial charge in [0.1, 0.15) is 0 Å². The second-order valence-corrected chi connectivity index (χ2v) is 2.01. The zero-order chi connectivity index (χ0) is 7.07. The fraction of sp³-hybridized carbons (Fsp3) is 0.200. The largest absolute Gasteiger partial charge is 3.00 e. The molecule has 0 aromatic carbocycles. The van der Waals surface area contributed by atoms with Gasteiger partial charge in [0.2, 0.25) is 0 Å². The van der Waals surface area contributed by atoms with Gasteiger partial charge >= 0.3 is 46.9 Å². The molecule has 0 bridgehead atoms. The minimum Gasteiger partial charge on any atom is -1.00 e. The summed E-state index contributed by atoms with van der Waals surface area (Å²) in [6.07, 6.45) is 20.0. The summed E-state index contributed by atoms with van der Waals surface area (Å²) in [6, 6.07) is 0. The third-order valence-electron chi connectivity index (χ3n) is 1.17. The fourth-order valence-electron chi connectivity index (χ4n) is 0.680. The first-order valence-electron chi connectivity index (χ1n) is 3.43. The molecule has 1 radical (unpaired) electrons. The molecule has 0 aromatic rings. The normalized spacial score (nSPS) is 14.7. The summed E-state index contributed by atoms with van der Waals surface area (Å²) in [4.78, 5) is 0. The maximum atomic E-state index is 2.99. The van der Waals surface area contributed by atoms with Gasteiger partial charge in [-0.25, -0.2) is 24.3 Å². The van der Waals surface area contributed by atoms with E-state index >= 15 is 0 Å². The van der Waals surface area contributed by atoms with Gasteiger partial charge in [-0.3, -0.25) is 12.2 Å². The molecule has 2 rings (SSSR count). The first-order chi connectivity index (χ1) is 5.00. The van der Waals surface area contributed by atoms with Crippen molar-refractivity contribution in [3.63, 3.8) is 0 Å². The van der Waals surface area contributed by atoms with Crippen LogP contribution in [-0.2, 0) is 0 Å². The van der Waals surface area contributed by atoms with Gasteiger partial charge in [0.05, 0.1) is 0 Å². The molecular formula is C10H10ClYb. The van der Waals surface area contributed by atoms with Crippen LogP contribution in [0.3, 0.4) is 0 Å². The van der Waals surface area contributed by atoms with Crippen molar-refractivity contribution in [2.24, 2.45) is 0 Å². The molecule has 12 heavy (non-hydrogen) atoms. The van der Waals surface area contributed by atoms with Gasteiger partial charge in [-0.05, 0) is 0 Å². The van der Waals surface area contributed by atoms with E-state index in [2.05, 4.69) is 24.3 Å². The first-order valence-corrected chi connectivity index (χ1v) is 3.43. The summed E-state index contributed by atoms with van der Waals surface area (Å²) < 4.78 is 0. The van der Waals surface area contributed by atoms with Gasteiger partial charge in [0.15, 0.2) is 0 Å². The third-order valence-corrected chi connectivity index (χ3v) is 1.17. The second-order valence-electron chi connectivity index (χ2n) is 2.01. The SMILES string of the molecule is [C-]1=CC=CC1.[C-]1=CC=CC1.[Cl-].[Yb+3]. The van der Waals surface area contributed by atoms with E-state index in [0.29, 0.717) is 0 Å². The molecule has 0 spiro atoms. The topological polar surface area (TPSA) is 0 Å². The predicted octanol–water partition coefficient (Wildman–Crippen LogP) is -0.385. The van der Waals surface area contributed by atoms with Crippen LogP contribution in [0.2, 0.25) is 0 Å². The van der Waals surface area contributed by atoms with Crippen LogP contribution in [0.15, 0.2) is 36.5 Å². The van der Waals surface area contributed by atoms with Gasteiger partial charge in [0.25, 0.3) is 0 Å². The molecule has 2 aliphatic carbocycles. The van der Waals surface area contributed by atoms with E-state index in [9.17, 15) is 0 Å². The zero-order valence-electron chi connectivity index (χ0n) is 6.52. The molecule has 2 heteroatoms. The monoisotopic (exact) mass is 339 g/mol. The Kier molecular flexibility index (Phi) is 15.0. The quantitative estimate of drug-likeness (QED) is 0.528. The van der Waals surface area contributed by atoms with Crippen molar-refractivity contribution in [2.75, 3.05) is 0 Å². The minimum absolute atomic E-state index is 0. The standard InChI is InChI=1S/2C5H5.ClH.Yb/c2*1-2-4-5-3-1;;/h2*1-3H,4H2;1H;/q2*-1;;+3/p-1. The van der Waals surface area contributed by atoms with Crippen molar-refractivity contribution < 1.29 is 59.3 Å². The first kappa shape index (κ1) is 15.3. The Labute approximate surface area is 119 Å². The molecule has 71 valence electrons. The van der Waals surface area contributed by atoms with Gasteiger partial charge in [-0.2, -0.15) is 12.2 Å². The number of hydrogen-bond acceptors (Lipinski definition) is 0. The molecule has 0 saturated heterocycles. The molecule has 0 amide bonds. The Morgan fingerprint density at radius 1 is 0.833 bits per heavy atom. The van der Waals surface area contributed by atoms with Crippen LogP contribution in [0.25, 0.3) is 0 Å². The van der Waals surface area contributed by atoms with Crippen LogP contribution < -0.4 is 12.4 Å². The Bertz CT molecular complexity index is 148. The number of rotatable bonds is 0. The molecule has 0 fully saturated rings. The summed E-state index contributed by atoms with van der Waals surface area (Å²) in [5.41, 5.74) is 0. The van der Waals surface area contributed by atoms with E-state index in [4.69, 9.17) is 0 Å². The fourth-order valence-corrected chi connectivity index (χ4v) is 0.680. The van der Waals surface area contributed by atoms with Crippen LogP contribution in [0, 0.1) is 59.1 Å². The van der Waals surface area contributed by atoms with Crippen molar-refractivity contribution in [1.29, 1.82) is 0 Å². The molecule has 0 unspecified atom stereocenters. The Morgan fingerprint density at radius 3 is 1.33 bits per heavy atom. The van der Waals surface area contributed by atoms with Crippen molar-refractivity contribution in [1.82, 2.24) is 0 Å². The van der Waals surface area contributed by atoms with Crippen LogP contribution in [-0.4, -0.2) is 0 Å². The van der Waals surface area contributed by atoms with E-state index in [1.807, 2.05) is 24.3 Å². The van der Waals surface area contributed by atoms with Gasteiger partial charge in [-0.15, -0.1) is 12.8 Å². The Hall–Kier alpha value is 0.769. The molecule has 0 atom stereocenters. The molecule has 0 aromatic heterocycles. The summed E-state index contributed by atoms with van der Waals surface area (Å²) in [6.45, 7) is 0. The van der Waals surface area contributed by atoms with Crippen molar-refractivity contribution in [3.8, 4) is 0 Å². The van der Waals surface area contributed by atoms with E-state index in [0.717, 1.165) is 12.8 Å².